The zero-order valence-corrected chi connectivity index (χ0v) is 16.5. The average molecular weight is 413 g/mol. The van der Waals surface area contributed by atoms with Crippen LogP contribution in [0.15, 0.2) is 66.9 Å². The molecular formula is C23H16FN5O2. The minimum absolute atomic E-state index is 0.240. The number of rotatable bonds is 3. The van der Waals surface area contributed by atoms with Crippen molar-refractivity contribution in [1.82, 2.24) is 25.0 Å². The quantitative estimate of drug-likeness (QED) is 0.445. The summed E-state index contributed by atoms with van der Waals surface area (Å²) in [6, 6.07) is 18.9. The summed E-state index contributed by atoms with van der Waals surface area (Å²) in [6.07, 6.45) is 2.03. The van der Waals surface area contributed by atoms with Gasteiger partial charge in [0.2, 0.25) is 0 Å². The summed E-state index contributed by atoms with van der Waals surface area (Å²) in [5, 5.41) is 9.54. The highest BCUT2D eigenvalue weighted by molar-refractivity contribution is 5.79. The van der Waals surface area contributed by atoms with Gasteiger partial charge in [-0.2, -0.15) is 9.59 Å². The third kappa shape index (κ3) is 4.19. The molecule has 0 amide bonds. The number of pyridine rings is 2. The normalized spacial score (nSPS) is 10.5. The van der Waals surface area contributed by atoms with Crippen LogP contribution in [0.2, 0.25) is 0 Å². The first-order valence-electron chi connectivity index (χ1n) is 9.39. The van der Waals surface area contributed by atoms with Gasteiger partial charge in [0.05, 0.1) is 17.8 Å². The molecule has 0 saturated heterocycles. The highest BCUT2D eigenvalue weighted by atomic mass is 19.1. The van der Waals surface area contributed by atoms with E-state index in [1.165, 1.54) is 6.07 Å². The van der Waals surface area contributed by atoms with Gasteiger partial charge in [0.1, 0.15) is 11.3 Å². The minimum Gasteiger partial charge on any atom is -0.256 e. The molecular weight excluding hydrogens is 397 g/mol. The molecule has 0 spiro atoms. The van der Waals surface area contributed by atoms with Gasteiger partial charge in [0.25, 0.3) is 0 Å². The summed E-state index contributed by atoms with van der Waals surface area (Å²) in [6.45, 7) is 2.29. The van der Waals surface area contributed by atoms with Crippen LogP contribution in [0.5, 0.6) is 0 Å². The molecule has 0 N–H and O–H groups in total. The van der Waals surface area contributed by atoms with Gasteiger partial charge in [-0.3, -0.25) is 4.98 Å². The first kappa shape index (κ1) is 20.0. The number of halogens is 1. The molecule has 3 aromatic heterocycles. The first-order chi connectivity index (χ1) is 15.1. The Labute approximate surface area is 176 Å². The zero-order valence-electron chi connectivity index (χ0n) is 16.5. The fraction of sp³-hybridized carbons (Fsp3) is 0.0870. The van der Waals surface area contributed by atoms with Gasteiger partial charge in [0.15, 0.2) is 5.65 Å². The molecule has 2 aromatic carbocycles. The number of aromatic nitrogens is 5. The highest BCUT2D eigenvalue weighted by Crippen LogP contribution is 2.23. The van der Waals surface area contributed by atoms with Crippen molar-refractivity contribution in [2.45, 2.75) is 13.5 Å². The molecule has 0 aliphatic rings. The lowest BCUT2D eigenvalue weighted by atomic mass is 10.1. The molecule has 152 valence electrons. The number of hydrogen-bond acceptors (Lipinski definition) is 6. The maximum Gasteiger partial charge on any atom is 0.373 e. The third-order valence-corrected chi connectivity index (χ3v) is 4.83. The van der Waals surface area contributed by atoms with E-state index >= 15 is 0 Å². The molecule has 5 aromatic rings. The van der Waals surface area contributed by atoms with Crippen LogP contribution in [0.25, 0.3) is 33.3 Å². The molecule has 7 nitrogen and oxygen atoms in total. The second-order valence-corrected chi connectivity index (χ2v) is 6.86. The summed E-state index contributed by atoms with van der Waals surface area (Å²) in [5.41, 5.74) is 5.45. The number of benzene rings is 2. The van der Waals surface area contributed by atoms with E-state index in [4.69, 9.17) is 14.6 Å². The number of aryl methyl sites for hydroxylation is 1. The third-order valence-electron chi connectivity index (χ3n) is 4.83. The van der Waals surface area contributed by atoms with Crippen molar-refractivity contribution in [3.8, 4) is 11.3 Å². The Morgan fingerprint density at radius 1 is 1.00 bits per heavy atom. The van der Waals surface area contributed by atoms with E-state index in [1.54, 1.807) is 23.9 Å². The van der Waals surface area contributed by atoms with Crippen molar-refractivity contribution in [3.63, 3.8) is 0 Å². The van der Waals surface area contributed by atoms with Crippen LogP contribution in [0, 0.1) is 12.7 Å². The largest absolute Gasteiger partial charge is 0.373 e. The molecule has 0 fully saturated rings. The number of hydrogen-bond donors (Lipinski definition) is 0. The van der Waals surface area contributed by atoms with E-state index in [9.17, 15) is 4.39 Å². The van der Waals surface area contributed by atoms with Crippen LogP contribution in [-0.4, -0.2) is 31.1 Å². The number of fused-ring (bicyclic) bond motifs is 2. The Bertz CT molecular complexity index is 1420. The fourth-order valence-corrected chi connectivity index (χ4v) is 3.27. The molecule has 0 bridgehead atoms. The van der Waals surface area contributed by atoms with Crippen molar-refractivity contribution in [2.24, 2.45) is 0 Å². The summed E-state index contributed by atoms with van der Waals surface area (Å²) in [7, 11) is 0. The molecule has 0 atom stereocenters. The molecule has 8 heteroatoms. The maximum atomic E-state index is 14.0. The lowest BCUT2D eigenvalue weighted by Crippen LogP contribution is -2.03. The Morgan fingerprint density at radius 3 is 2.61 bits per heavy atom. The molecule has 0 radical (unpaired) electrons. The zero-order chi connectivity index (χ0) is 21.8. The van der Waals surface area contributed by atoms with E-state index in [-0.39, 0.29) is 12.0 Å². The molecule has 5 rings (SSSR count). The summed E-state index contributed by atoms with van der Waals surface area (Å²) >= 11 is 0. The van der Waals surface area contributed by atoms with Crippen molar-refractivity contribution in [1.29, 1.82) is 0 Å². The number of carbonyl (C=O) groups excluding carboxylic acids is 2. The van der Waals surface area contributed by atoms with Crippen molar-refractivity contribution in [2.75, 3.05) is 0 Å². The first-order valence-corrected chi connectivity index (χ1v) is 9.39. The van der Waals surface area contributed by atoms with Crippen molar-refractivity contribution < 1.29 is 14.0 Å². The predicted octanol–water partition coefficient (Wildman–Crippen LogP) is 3.95. The molecule has 0 unspecified atom stereocenters. The Morgan fingerprint density at radius 2 is 1.81 bits per heavy atom. The van der Waals surface area contributed by atoms with Crippen molar-refractivity contribution in [3.05, 3.63) is 83.8 Å². The number of nitrogens with zero attached hydrogens (tertiary/aromatic N) is 5. The lowest BCUT2D eigenvalue weighted by molar-refractivity contribution is -0.191. The molecule has 0 aliphatic carbocycles. The van der Waals surface area contributed by atoms with Gasteiger partial charge in [-0.25, -0.2) is 14.1 Å². The second kappa shape index (κ2) is 8.61. The van der Waals surface area contributed by atoms with Crippen molar-refractivity contribution >= 4 is 28.2 Å². The van der Waals surface area contributed by atoms with Crippen LogP contribution < -0.4 is 0 Å². The summed E-state index contributed by atoms with van der Waals surface area (Å²) in [5.74, 6) is -0.240. The second-order valence-electron chi connectivity index (χ2n) is 6.86. The van der Waals surface area contributed by atoms with Gasteiger partial charge in [0, 0.05) is 17.1 Å². The molecule has 31 heavy (non-hydrogen) atoms. The Kier molecular flexibility index (Phi) is 5.55. The van der Waals surface area contributed by atoms with Gasteiger partial charge >= 0.3 is 6.15 Å². The van der Waals surface area contributed by atoms with Gasteiger partial charge < -0.3 is 0 Å². The summed E-state index contributed by atoms with van der Waals surface area (Å²) < 4.78 is 15.7. The molecule has 0 aliphatic heterocycles. The van der Waals surface area contributed by atoms with Crippen LogP contribution in [0.1, 0.15) is 11.1 Å². The molecule has 3 heterocycles. The highest BCUT2D eigenvalue weighted by Gasteiger charge is 2.10. The molecule has 0 saturated carbocycles. The Balaban J connectivity index is 0.000000730. The van der Waals surface area contributed by atoms with Gasteiger partial charge in [-0.05, 0) is 54.4 Å². The van der Waals surface area contributed by atoms with Gasteiger partial charge in [-0.15, -0.1) is 5.10 Å². The van der Waals surface area contributed by atoms with E-state index in [2.05, 4.69) is 21.4 Å². The monoisotopic (exact) mass is 413 g/mol. The predicted molar refractivity (Wildman–Crippen MR) is 111 cm³/mol. The van der Waals surface area contributed by atoms with E-state index in [0.29, 0.717) is 29.0 Å². The SMILES string of the molecule is Cc1ccc(-c2ccc3nnn(Cc4ccc5ncccc5c4)c3n2)cc1F.O=C=O. The van der Waals surface area contributed by atoms with Crippen LogP contribution >= 0.6 is 0 Å². The van der Waals surface area contributed by atoms with Gasteiger partial charge in [-0.1, -0.05) is 29.5 Å². The average Bonchev–Trinajstić information content (AvgIpc) is 3.18. The van der Waals surface area contributed by atoms with E-state index < -0.39 is 0 Å². The van der Waals surface area contributed by atoms with Crippen LogP contribution in [0.3, 0.4) is 0 Å². The standard InChI is InChI=1S/C22H16FN5.CO2/c1-14-4-6-17(12-18(14)23)20-8-9-21-22(25-20)28(27-26-21)13-15-5-7-19-16(11-15)3-2-10-24-19;2-1-3/h2-12H,13H2,1H3;. The van der Waals surface area contributed by atoms with E-state index in [0.717, 1.165) is 22.0 Å². The van der Waals surface area contributed by atoms with Crippen LogP contribution in [0.4, 0.5) is 4.39 Å². The topological polar surface area (TPSA) is 90.6 Å². The lowest BCUT2D eigenvalue weighted by Gasteiger charge is -2.06. The van der Waals surface area contributed by atoms with Crippen LogP contribution in [-0.2, 0) is 16.1 Å². The maximum absolute atomic E-state index is 14.0. The smallest absolute Gasteiger partial charge is 0.256 e. The fourth-order valence-electron chi connectivity index (χ4n) is 3.27. The summed E-state index contributed by atoms with van der Waals surface area (Å²) in [4.78, 5) is 25.3. The Hall–Kier alpha value is -4.29. The van der Waals surface area contributed by atoms with E-state index in [1.807, 2.05) is 42.5 Å². The minimum atomic E-state index is -0.240.